The predicted octanol–water partition coefficient (Wildman–Crippen LogP) is 4.37. The lowest BCUT2D eigenvalue weighted by Gasteiger charge is -2.33. The lowest BCUT2D eigenvalue weighted by atomic mass is 10.1. The third-order valence-electron chi connectivity index (χ3n) is 6.32. The number of hydrogen-bond acceptors (Lipinski definition) is 5. The maximum absolute atomic E-state index is 13.9. The molecule has 1 aromatic heterocycles. The molecule has 1 heterocycles. The molecule has 0 aliphatic rings. The van der Waals surface area contributed by atoms with Crippen LogP contribution in [0.25, 0.3) is 10.9 Å². The molecule has 0 saturated heterocycles. The minimum atomic E-state index is -1.21. The van der Waals surface area contributed by atoms with Crippen LogP contribution in [0, 0.1) is 0 Å². The second-order valence-electron chi connectivity index (χ2n) is 9.29. The van der Waals surface area contributed by atoms with Crippen molar-refractivity contribution >= 4 is 45.9 Å². The Hall–Kier alpha value is -3.72. The van der Waals surface area contributed by atoms with E-state index in [0.29, 0.717) is 39.5 Å². The Morgan fingerprint density at radius 2 is 1.64 bits per heavy atom. The van der Waals surface area contributed by atoms with Crippen LogP contribution in [0.4, 0.5) is 0 Å². The van der Waals surface area contributed by atoms with Gasteiger partial charge in [0.05, 0.1) is 17.4 Å². The Balaban J connectivity index is 1.99. The van der Waals surface area contributed by atoms with Crippen LogP contribution >= 0.6 is 23.2 Å². The van der Waals surface area contributed by atoms with Gasteiger partial charge < -0.3 is 15.5 Å². The average molecular weight is 566 g/mol. The lowest BCUT2D eigenvalue weighted by Crippen LogP contribution is -2.47. The van der Waals surface area contributed by atoms with Crippen molar-refractivity contribution in [1.82, 2.24) is 19.4 Å². The number of likely N-dealkylation sites (N-methyl/N-ethyl adjacent to an activating group) is 1. The van der Waals surface area contributed by atoms with Gasteiger partial charge in [-0.2, -0.15) is 0 Å². The van der Waals surface area contributed by atoms with Crippen molar-refractivity contribution < 1.29 is 9.59 Å². The van der Waals surface area contributed by atoms with Gasteiger partial charge in [-0.25, -0.2) is 4.98 Å². The van der Waals surface area contributed by atoms with E-state index in [1.54, 1.807) is 56.6 Å². The molecular weight excluding hydrogens is 537 g/mol. The summed E-state index contributed by atoms with van der Waals surface area (Å²) in [6, 6.07) is 19.4. The minimum absolute atomic E-state index is 0.136. The summed E-state index contributed by atoms with van der Waals surface area (Å²) in [6.07, 6.45) is 0.429. The molecule has 3 aromatic carbocycles. The average Bonchev–Trinajstić information content (AvgIpc) is 2.93. The zero-order chi connectivity index (χ0) is 28.1. The van der Waals surface area contributed by atoms with Crippen LogP contribution in [0.2, 0.25) is 10.0 Å². The summed E-state index contributed by atoms with van der Waals surface area (Å²) in [6.45, 7) is 0.611. The van der Waals surface area contributed by atoms with Gasteiger partial charge in [0.1, 0.15) is 5.82 Å². The fourth-order valence-electron chi connectivity index (χ4n) is 4.33. The number of benzene rings is 3. The first-order valence-corrected chi connectivity index (χ1v) is 13.2. The highest BCUT2D eigenvalue weighted by Crippen LogP contribution is 2.27. The molecule has 2 N–H and O–H groups in total. The summed E-state index contributed by atoms with van der Waals surface area (Å²) in [4.78, 5) is 49.3. The zero-order valence-electron chi connectivity index (χ0n) is 21.7. The van der Waals surface area contributed by atoms with E-state index in [2.05, 4.69) is 0 Å². The molecule has 2 amide bonds. The number of carbonyl (C=O) groups is 2. The highest BCUT2D eigenvalue weighted by Gasteiger charge is 2.36. The smallest absolute Gasteiger partial charge is 0.261 e. The molecule has 0 radical (unpaired) electrons. The van der Waals surface area contributed by atoms with Crippen molar-refractivity contribution in [3.05, 3.63) is 110 Å². The van der Waals surface area contributed by atoms with Gasteiger partial charge in [-0.05, 0) is 61.0 Å². The number of fused-ring (bicyclic) bond motifs is 1. The number of carbonyl (C=O) groups excluding carboxylic acids is 2. The quantitative estimate of drug-likeness (QED) is 0.324. The van der Waals surface area contributed by atoms with Gasteiger partial charge in [-0.1, -0.05) is 53.5 Å². The number of amides is 2. The first-order valence-electron chi connectivity index (χ1n) is 12.4. The molecule has 4 aromatic rings. The van der Waals surface area contributed by atoms with Gasteiger partial charge in [0, 0.05) is 36.2 Å². The summed E-state index contributed by atoms with van der Waals surface area (Å²) in [7, 11) is 3.20. The van der Waals surface area contributed by atoms with E-state index in [1.165, 1.54) is 14.4 Å². The van der Waals surface area contributed by atoms with E-state index in [-0.39, 0.29) is 24.5 Å². The fraction of sp³-hybridized carbons (Fsp3) is 0.241. The Labute approximate surface area is 236 Å². The molecule has 10 heteroatoms. The second-order valence-corrected chi connectivity index (χ2v) is 10.2. The fourth-order valence-corrected chi connectivity index (χ4v) is 4.63. The van der Waals surface area contributed by atoms with Crippen LogP contribution in [0.3, 0.4) is 0 Å². The van der Waals surface area contributed by atoms with E-state index in [4.69, 9.17) is 33.9 Å². The largest absolute Gasteiger partial charge is 0.347 e. The van der Waals surface area contributed by atoms with Gasteiger partial charge in [0.2, 0.25) is 0 Å². The van der Waals surface area contributed by atoms with Crippen LogP contribution < -0.4 is 11.3 Å². The molecule has 4 rings (SSSR count). The van der Waals surface area contributed by atoms with E-state index < -0.39 is 17.9 Å². The molecule has 1 atom stereocenters. The Morgan fingerprint density at radius 3 is 2.28 bits per heavy atom. The summed E-state index contributed by atoms with van der Waals surface area (Å²) >= 11 is 12.3. The third-order valence-corrected chi connectivity index (χ3v) is 6.80. The van der Waals surface area contributed by atoms with Gasteiger partial charge in [-0.3, -0.25) is 19.0 Å². The molecule has 0 fully saturated rings. The predicted molar refractivity (Wildman–Crippen MR) is 154 cm³/mol. The van der Waals surface area contributed by atoms with Crippen molar-refractivity contribution in [3.63, 3.8) is 0 Å². The van der Waals surface area contributed by atoms with Crippen molar-refractivity contribution in [2.24, 2.45) is 5.73 Å². The van der Waals surface area contributed by atoms with Crippen LogP contribution in [0.15, 0.2) is 77.6 Å². The monoisotopic (exact) mass is 565 g/mol. The van der Waals surface area contributed by atoms with E-state index in [9.17, 15) is 14.4 Å². The van der Waals surface area contributed by atoms with Gasteiger partial charge in [0.15, 0.2) is 6.04 Å². The molecule has 0 saturated carbocycles. The first-order chi connectivity index (χ1) is 18.7. The van der Waals surface area contributed by atoms with Crippen LogP contribution in [-0.2, 0) is 11.3 Å². The highest BCUT2D eigenvalue weighted by atomic mass is 35.5. The molecule has 202 valence electrons. The molecule has 0 aliphatic carbocycles. The molecule has 0 spiro atoms. The SMILES string of the molecule is CN(C)C(=O)C(c1nc2cc(Cl)ccc2c(=O)n1Cc1ccccc1)N(CCCN)C(=O)c1ccc(Cl)cc1. The molecular formula is C29H29Cl2N5O3. The van der Waals surface area contributed by atoms with Gasteiger partial charge >= 0.3 is 0 Å². The summed E-state index contributed by atoms with van der Waals surface area (Å²) in [5.41, 5.74) is 6.99. The lowest BCUT2D eigenvalue weighted by molar-refractivity contribution is -0.134. The minimum Gasteiger partial charge on any atom is -0.347 e. The van der Waals surface area contributed by atoms with Crippen LogP contribution in [0.5, 0.6) is 0 Å². The van der Waals surface area contributed by atoms with Gasteiger partial charge in [0.25, 0.3) is 17.4 Å². The number of aromatic nitrogens is 2. The van der Waals surface area contributed by atoms with Gasteiger partial charge in [-0.15, -0.1) is 0 Å². The van der Waals surface area contributed by atoms with E-state index >= 15 is 0 Å². The molecule has 0 aliphatic heterocycles. The highest BCUT2D eigenvalue weighted by molar-refractivity contribution is 6.31. The van der Waals surface area contributed by atoms with Crippen molar-refractivity contribution in [3.8, 4) is 0 Å². The number of nitrogens with zero attached hydrogens (tertiary/aromatic N) is 4. The van der Waals surface area contributed by atoms with Crippen molar-refractivity contribution in [2.45, 2.75) is 19.0 Å². The maximum Gasteiger partial charge on any atom is 0.261 e. The van der Waals surface area contributed by atoms with Crippen molar-refractivity contribution in [2.75, 3.05) is 27.2 Å². The van der Waals surface area contributed by atoms with Crippen LogP contribution in [-0.4, -0.2) is 58.4 Å². The number of halogens is 2. The standard InChI is InChI=1S/C29H29Cl2N5O3/c1-34(2)29(39)25(35(16-6-15-32)27(37)20-9-11-21(30)12-10-20)26-33-24-17-22(31)13-14-23(24)28(38)36(26)18-19-7-4-3-5-8-19/h3-5,7-14,17,25H,6,15-16,18,32H2,1-2H3. The summed E-state index contributed by atoms with van der Waals surface area (Å²) in [5, 5.41) is 1.23. The topological polar surface area (TPSA) is 102 Å². The summed E-state index contributed by atoms with van der Waals surface area (Å²) in [5.74, 6) is -0.687. The van der Waals surface area contributed by atoms with E-state index in [1.807, 2.05) is 30.3 Å². The normalized spacial score (nSPS) is 11.8. The third kappa shape index (κ3) is 6.30. The number of nitrogens with two attached hydrogens (primary N) is 1. The maximum atomic E-state index is 13.9. The Morgan fingerprint density at radius 1 is 0.974 bits per heavy atom. The second kappa shape index (κ2) is 12.4. The number of hydrogen-bond donors (Lipinski definition) is 1. The Bertz CT molecular complexity index is 1540. The molecule has 8 nitrogen and oxygen atoms in total. The number of rotatable bonds is 9. The summed E-state index contributed by atoms with van der Waals surface area (Å²) < 4.78 is 1.46. The molecule has 0 bridgehead atoms. The Kier molecular flexibility index (Phi) is 9.01. The zero-order valence-corrected chi connectivity index (χ0v) is 23.2. The molecule has 39 heavy (non-hydrogen) atoms. The van der Waals surface area contributed by atoms with E-state index in [0.717, 1.165) is 5.56 Å². The molecule has 1 unspecified atom stereocenters. The first kappa shape index (κ1) is 28.3. The van der Waals surface area contributed by atoms with Crippen LogP contribution in [0.1, 0.15) is 34.2 Å². The van der Waals surface area contributed by atoms with Crippen molar-refractivity contribution in [1.29, 1.82) is 0 Å².